The molecule has 0 aromatic heterocycles. The maximum Gasteiger partial charge on any atom is 0.238 e. The summed E-state index contributed by atoms with van der Waals surface area (Å²) in [6.45, 7) is 1.48. The highest BCUT2D eigenvalue weighted by Crippen LogP contribution is 2.10. The molecule has 0 spiro atoms. The largest absolute Gasteiger partial charge is 0.288 e. The summed E-state index contributed by atoms with van der Waals surface area (Å²) in [7, 11) is 0. The van der Waals surface area contributed by atoms with Crippen LogP contribution < -0.4 is 0 Å². The van der Waals surface area contributed by atoms with E-state index in [2.05, 4.69) is 0 Å². The zero-order valence-electron chi connectivity index (χ0n) is 6.48. The molecule has 0 aromatic carbocycles. The fraction of sp³-hybridized carbons (Fsp3) is 0.857. The maximum atomic E-state index is 11.5. The Kier molecular flexibility index (Phi) is 6.51. The van der Waals surface area contributed by atoms with Gasteiger partial charge in [-0.05, 0) is 12.8 Å². The van der Waals surface area contributed by atoms with E-state index in [0.717, 1.165) is 0 Å². The van der Waals surface area contributed by atoms with Crippen LogP contribution >= 0.6 is 11.8 Å². The van der Waals surface area contributed by atoms with E-state index in [0.29, 0.717) is 18.6 Å². The number of hydrogen-bond donors (Lipinski definition) is 0. The van der Waals surface area contributed by atoms with Crippen LogP contribution in [0.15, 0.2) is 0 Å². The number of thioether (sulfide) groups is 1. The molecule has 0 aliphatic carbocycles. The standard InChI is InChI=1S/C7H12F2OS/c1-6(10)11-5-3-2-4-7(8)9/h7H,2-5H2,1H3. The van der Waals surface area contributed by atoms with Gasteiger partial charge < -0.3 is 0 Å². The summed E-state index contributed by atoms with van der Waals surface area (Å²) in [5, 5.41) is 0.0575. The molecule has 66 valence electrons. The number of unbranched alkanes of at least 4 members (excludes halogenated alkanes) is 1. The van der Waals surface area contributed by atoms with Gasteiger partial charge in [-0.25, -0.2) is 8.78 Å². The highest BCUT2D eigenvalue weighted by atomic mass is 32.2. The molecule has 0 N–H and O–H groups in total. The van der Waals surface area contributed by atoms with Gasteiger partial charge in [0, 0.05) is 19.1 Å². The summed E-state index contributed by atoms with van der Waals surface area (Å²) in [6, 6.07) is 0. The lowest BCUT2D eigenvalue weighted by atomic mass is 10.3. The molecule has 0 rings (SSSR count). The Hall–Kier alpha value is -0.120. The number of hydrogen-bond acceptors (Lipinski definition) is 2. The van der Waals surface area contributed by atoms with Gasteiger partial charge in [-0.2, -0.15) is 0 Å². The van der Waals surface area contributed by atoms with Crippen molar-refractivity contribution >= 4 is 16.9 Å². The summed E-state index contributed by atoms with van der Waals surface area (Å²) >= 11 is 1.20. The topological polar surface area (TPSA) is 17.1 Å². The van der Waals surface area contributed by atoms with Gasteiger partial charge >= 0.3 is 0 Å². The average molecular weight is 182 g/mol. The van der Waals surface area contributed by atoms with Gasteiger partial charge in [0.15, 0.2) is 5.12 Å². The smallest absolute Gasteiger partial charge is 0.238 e. The Morgan fingerprint density at radius 2 is 2.09 bits per heavy atom. The predicted molar refractivity (Wildman–Crippen MR) is 43.0 cm³/mol. The molecule has 0 fully saturated rings. The van der Waals surface area contributed by atoms with Crippen LogP contribution in [0.5, 0.6) is 0 Å². The Labute approximate surface area is 69.5 Å². The Bertz CT molecular complexity index is 117. The average Bonchev–Trinajstić information content (AvgIpc) is 1.85. The third-order valence-corrected chi connectivity index (χ3v) is 2.02. The molecule has 0 aliphatic rings. The number of carbonyl (C=O) groups excluding carboxylic acids is 1. The molecule has 11 heavy (non-hydrogen) atoms. The molecule has 0 bridgehead atoms. The van der Waals surface area contributed by atoms with Gasteiger partial charge in [-0.1, -0.05) is 11.8 Å². The number of alkyl halides is 2. The van der Waals surface area contributed by atoms with Crippen LogP contribution in [-0.2, 0) is 4.79 Å². The molecule has 0 radical (unpaired) electrons. The zero-order valence-corrected chi connectivity index (χ0v) is 7.29. The van der Waals surface area contributed by atoms with Crippen LogP contribution in [0.2, 0.25) is 0 Å². The van der Waals surface area contributed by atoms with Gasteiger partial charge in [0.2, 0.25) is 6.43 Å². The highest BCUT2D eigenvalue weighted by Gasteiger charge is 2.01. The van der Waals surface area contributed by atoms with Crippen molar-refractivity contribution < 1.29 is 13.6 Å². The first-order chi connectivity index (χ1) is 5.13. The number of rotatable bonds is 5. The minimum Gasteiger partial charge on any atom is -0.288 e. The van der Waals surface area contributed by atoms with E-state index >= 15 is 0 Å². The van der Waals surface area contributed by atoms with Crippen LogP contribution in [-0.4, -0.2) is 17.3 Å². The number of halogens is 2. The second kappa shape index (κ2) is 6.58. The minimum atomic E-state index is -2.20. The van der Waals surface area contributed by atoms with Crippen molar-refractivity contribution in [2.45, 2.75) is 32.6 Å². The van der Waals surface area contributed by atoms with Crippen molar-refractivity contribution in [3.63, 3.8) is 0 Å². The molecule has 0 aromatic rings. The van der Waals surface area contributed by atoms with Crippen LogP contribution in [0.3, 0.4) is 0 Å². The molecule has 0 amide bonds. The van der Waals surface area contributed by atoms with Gasteiger partial charge in [-0.3, -0.25) is 4.79 Å². The van der Waals surface area contributed by atoms with E-state index in [4.69, 9.17) is 0 Å². The molecule has 0 atom stereocenters. The Morgan fingerprint density at radius 3 is 2.55 bits per heavy atom. The van der Waals surface area contributed by atoms with Crippen molar-refractivity contribution in [3.8, 4) is 0 Å². The molecule has 0 unspecified atom stereocenters. The lowest BCUT2D eigenvalue weighted by Gasteiger charge is -1.97. The van der Waals surface area contributed by atoms with Crippen molar-refractivity contribution in [2.75, 3.05) is 5.75 Å². The monoisotopic (exact) mass is 182 g/mol. The summed E-state index contributed by atoms with van der Waals surface area (Å²) in [5.74, 6) is 0.669. The van der Waals surface area contributed by atoms with Crippen LogP contribution in [0.1, 0.15) is 26.2 Å². The second-order valence-electron chi connectivity index (χ2n) is 2.23. The minimum absolute atomic E-state index is 0.0432. The van der Waals surface area contributed by atoms with Gasteiger partial charge in [0.05, 0.1) is 0 Å². The van der Waals surface area contributed by atoms with Gasteiger partial charge in [-0.15, -0.1) is 0 Å². The van der Waals surface area contributed by atoms with Gasteiger partial charge in [0.1, 0.15) is 0 Å². The van der Waals surface area contributed by atoms with E-state index in [1.54, 1.807) is 0 Å². The van der Waals surface area contributed by atoms with Crippen molar-refractivity contribution in [2.24, 2.45) is 0 Å². The lowest BCUT2D eigenvalue weighted by Crippen LogP contribution is -1.92. The third-order valence-electron chi connectivity index (χ3n) is 1.12. The highest BCUT2D eigenvalue weighted by molar-refractivity contribution is 8.13. The first-order valence-electron chi connectivity index (χ1n) is 3.54. The molecule has 0 saturated heterocycles. The lowest BCUT2D eigenvalue weighted by molar-refractivity contribution is -0.109. The molecule has 4 heteroatoms. The number of carbonyl (C=O) groups is 1. The van der Waals surface area contributed by atoms with E-state index in [9.17, 15) is 13.6 Å². The SMILES string of the molecule is CC(=O)SCCCCC(F)F. The zero-order chi connectivity index (χ0) is 8.69. The molecular weight excluding hydrogens is 170 g/mol. The fourth-order valence-corrected chi connectivity index (χ4v) is 1.25. The molecular formula is C7H12F2OS. The van der Waals surface area contributed by atoms with Crippen LogP contribution in [0.25, 0.3) is 0 Å². The van der Waals surface area contributed by atoms with E-state index in [1.165, 1.54) is 18.7 Å². The summed E-state index contributed by atoms with van der Waals surface area (Å²) in [5.41, 5.74) is 0. The summed E-state index contributed by atoms with van der Waals surface area (Å²) in [6.07, 6.45) is -1.03. The quantitative estimate of drug-likeness (QED) is 0.608. The first kappa shape index (κ1) is 10.9. The summed E-state index contributed by atoms with van der Waals surface area (Å²) < 4.78 is 23.1. The normalized spacial score (nSPS) is 10.5. The van der Waals surface area contributed by atoms with Crippen molar-refractivity contribution in [1.29, 1.82) is 0 Å². The second-order valence-corrected chi connectivity index (χ2v) is 3.50. The van der Waals surface area contributed by atoms with E-state index < -0.39 is 6.43 Å². The predicted octanol–water partition coefficient (Wildman–Crippen LogP) is 2.70. The Balaban J connectivity index is 2.97. The summed E-state index contributed by atoms with van der Waals surface area (Å²) in [4.78, 5) is 10.4. The maximum absolute atomic E-state index is 11.5. The molecule has 1 nitrogen and oxygen atoms in total. The molecule has 0 saturated carbocycles. The van der Waals surface area contributed by atoms with Gasteiger partial charge in [0.25, 0.3) is 0 Å². The van der Waals surface area contributed by atoms with Crippen molar-refractivity contribution in [1.82, 2.24) is 0 Å². The van der Waals surface area contributed by atoms with Crippen LogP contribution in [0, 0.1) is 0 Å². The van der Waals surface area contributed by atoms with Crippen LogP contribution in [0.4, 0.5) is 8.78 Å². The molecule has 0 aliphatic heterocycles. The van der Waals surface area contributed by atoms with Crippen molar-refractivity contribution in [3.05, 3.63) is 0 Å². The first-order valence-corrected chi connectivity index (χ1v) is 4.53. The van der Waals surface area contributed by atoms with E-state index in [-0.39, 0.29) is 11.5 Å². The molecule has 0 heterocycles. The Morgan fingerprint density at radius 1 is 1.45 bits per heavy atom. The third kappa shape index (κ3) is 9.88. The fourth-order valence-electron chi connectivity index (χ4n) is 0.617. The van der Waals surface area contributed by atoms with E-state index in [1.807, 2.05) is 0 Å².